The second-order valence-electron chi connectivity index (χ2n) is 3.93. The van der Waals surface area contributed by atoms with Gasteiger partial charge in [0.2, 0.25) is 0 Å². The van der Waals surface area contributed by atoms with E-state index in [4.69, 9.17) is 22.1 Å². The second-order valence-corrected chi connectivity index (χ2v) is 6.34. The van der Waals surface area contributed by atoms with E-state index in [0.29, 0.717) is 21.2 Å². The first-order valence-corrected chi connectivity index (χ1v) is 7.60. The molecule has 0 radical (unpaired) electrons. The quantitative estimate of drug-likeness (QED) is 0.631. The number of rotatable bonds is 3. The van der Waals surface area contributed by atoms with Crippen LogP contribution < -0.4 is 5.73 Å². The van der Waals surface area contributed by atoms with E-state index < -0.39 is 5.97 Å². The minimum Gasteiger partial charge on any atom is -0.465 e. The highest BCUT2D eigenvalue weighted by atomic mass is 79.9. The number of carbonyl (C=O) groups excluding carboxylic acids is 1. The van der Waals surface area contributed by atoms with E-state index in [1.54, 1.807) is 12.1 Å². The molecular weight excluding hydrogens is 362 g/mol. The van der Waals surface area contributed by atoms with Crippen LogP contribution in [-0.4, -0.2) is 13.1 Å². The zero-order chi connectivity index (χ0) is 14.7. The Morgan fingerprint density at radius 2 is 2.10 bits per heavy atom. The topological polar surface area (TPSA) is 52.3 Å². The number of anilines is 1. The summed E-state index contributed by atoms with van der Waals surface area (Å²) in [6.07, 6.45) is 0. The fraction of sp³-hybridized carbons (Fsp3) is 0.0714. The van der Waals surface area contributed by atoms with E-state index in [-0.39, 0.29) is 0 Å². The van der Waals surface area contributed by atoms with Gasteiger partial charge in [0.15, 0.2) is 0 Å². The van der Waals surface area contributed by atoms with E-state index in [1.807, 2.05) is 24.3 Å². The van der Waals surface area contributed by atoms with Crippen molar-refractivity contribution in [3.05, 3.63) is 51.5 Å². The molecule has 0 saturated heterocycles. The van der Waals surface area contributed by atoms with Crippen LogP contribution in [0.2, 0.25) is 5.02 Å². The third kappa shape index (κ3) is 3.48. The van der Waals surface area contributed by atoms with Gasteiger partial charge in [-0.1, -0.05) is 45.4 Å². The van der Waals surface area contributed by atoms with E-state index in [0.717, 1.165) is 9.37 Å². The molecule has 2 aromatic rings. The van der Waals surface area contributed by atoms with E-state index in [9.17, 15) is 4.79 Å². The van der Waals surface area contributed by atoms with Gasteiger partial charge < -0.3 is 10.5 Å². The molecule has 0 atom stereocenters. The van der Waals surface area contributed by atoms with Crippen LogP contribution in [0, 0.1) is 0 Å². The molecule has 0 bridgehead atoms. The molecule has 0 fully saturated rings. The van der Waals surface area contributed by atoms with Crippen molar-refractivity contribution >= 4 is 50.9 Å². The molecule has 0 aromatic heterocycles. The molecule has 2 aromatic carbocycles. The Balaban J connectivity index is 2.47. The highest BCUT2D eigenvalue weighted by Gasteiger charge is 2.17. The van der Waals surface area contributed by atoms with Gasteiger partial charge in [-0.15, -0.1) is 0 Å². The van der Waals surface area contributed by atoms with Crippen LogP contribution in [0.4, 0.5) is 5.69 Å². The predicted molar refractivity (Wildman–Crippen MR) is 85.5 cm³/mol. The third-order valence-electron chi connectivity index (χ3n) is 2.49. The van der Waals surface area contributed by atoms with Crippen LogP contribution >= 0.6 is 39.3 Å². The zero-order valence-electron chi connectivity index (χ0n) is 10.5. The summed E-state index contributed by atoms with van der Waals surface area (Å²) in [6.45, 7) is 0. The molecule has 0 aliphatic carbocycles. The summed E-state index contributed by atoms with van der Waals surface area (Å²) in [5.74, 6) is -0.461. The lowest BCUT2D eigenvalue weighted by Crippen LogP contribution is -2.04. The number of hydrogen-bond donors (Lipinski definition) is 1. The average molecular weight is 373 g/mol. The van der Waals surface area contributed by atoms with Gasteiger partial charge in [-0.2, -0.15) is 0 Å². The molecule has 104 valence electrons. The number of benzene rings is 2. The van der Waals surface area contributed by atoms with Crippen molar-refractivity contribution < 1.29 is 9.53 Å². The minimum atomic E-state index is -0.461. The summed E-state index contributed by atoms with van der Waals surface area (Å²) in [5.41, 5.74) is 6.52. The van der Waals surface area contributed by atoms with Crippen molar-refractivity contribution in [2.45, 2.75) is 9.79 Å². The lowest BCUT2D eigenvalue weighted by atomic mass is 10.2. The first-order chi connectivity index (χ1) is 9.51. The Labute approximate surface area is 134 Å². The van der Waals surface area contributed by atoms with Crippen molar-refractivity contribution in [3.8, 4) is 0 Å². The number of nitrogens with two attached hydrogens (primary N) is 1. The van der Waals surface area contributed by atoms with E-state index in [1.165, 1.54) is 18.9 Å². The smallest absolute Gasteiger partial charge is 0.339 e. The Hall–Kier alpha value is -1.17. The predicted octanol–water partition coefficient (Wildman–Crippen LogP) is 4.62. The average Bonchev–Trinajstić information content (AvgIpc) is 2.40. The van der Waals surface area contributed by atoms with E-state index in [2.05, 4.69) is 15.9 Å². The number of ether oxygens (including phenoxy) is 1. The Bertz CT molecular complexity index is 664. The number of nitrogen functional groups attached to an aromatic ring is 1. The maximum absolute atomic E-state index is 11.8. The van der Waals surface area contributed by atoms with E-state index >= 15 is 0 Å². The molecule has 3 nitrogen and oxygen atoms in total. The van der Waals surface area contributed by atoms with Gasteiger partial charge in [0.25, 0.3) is 0 Å². The summed E-state index contributed by atoms with van der Waals surface area (Å²) in [6, 6.07) is 10.9. The van der Waals surface area contributed by atoms with Gasteiger partial charge >= 0.3 is 5.97 Å². The number of esters is 1. The number of halogens is 2. The Morgan fingerprint density at radius 3 is 2.75 bits per heavy atom. The molecule has 6 heteroatoms. The van der Waals surface area contributed by atoms with Crippen LogP contribution in [0.25, 0.3) is 0 Å². The van der Waals surface area contributed by atoms with Gasteiger partial charge in [0.05, 0.1) is 17.7 Å². The van der Waals surface area contributed by atoms with Gasteiger partial charge in [0, 0.05) is 20.0 Å². The molecular formula is C14H11BrClNO2S. The summed E-state index contributed by atoms with van der Waals surface area (Å²) < 4.78 is 5.73. The molecule has 0 heterocycles. The molecule has 20 heavy (non-hydrogen) atoms. The fourth-order valence-corrected chi connectivity index (χ4v) is 3.50. The first kappa shape index (κ1) is 15.2. The zero-order valence-corrected chi connectivity index (χ0v) is 13.7. The highest BCUT2D eigenvalue weighted by molar-refractivity contribution is 9.10. The first-order valence-electron chi connectivity index (χ1n) is 5.62. The molecule has 0 unspecified atom stereocenters. The third-order valence-corrected chi connectivity index (χ3v) is 4.52. The molecule has 0 amide bonds. The monoisotopic (exact) mass is 371 g/mol. The van der Waals surface area contributed by atoms with Gasteiger partial charge in [-0.25, -0.2) is 4.79 Å². The van der Waals surface area contributed by atoms with Gasteiger partial charge in [-0.05, 0) is 30.3 Å². The summed E-state index contributed by atoms with van der Waals surface area (Å²) in [5, 5.41) is 0.426. The molecule has 2 N–H and O–H groups in total. The van der Waals surface area contributed by atoms with Crippen molar-refractivity contribution in [1.29, 1.82) is 0 Å². The minimum absolute atomic E-state index is 0.363. The standard InChI is InChI=1S/C14H11BrClNO2S/c1-19-14(18)11-6-9(17)7-12(16)13(11)20-10-4-2-3-8(15)5-10/h2-7H,17H2,1H3. The molecule has 0 spiro atoms. The molecule has 0 aliphatic rings. The number of hydrogen-bond acceptors (Lipinski definition) is 4. The summed E-state index contributed by atoms with van der Waals surface area (Å²) in [4.78, 5) is 13.4. The SMILES string of the molecule is COC(=O)c1cc(N)cc(Cl)c1Sc1cccc(Br)c1. The van der Waals surface area contributed by atoms with Crippen LogP contribution in [0.1, 0.15) is 10.4 Å². The normalized spacial score (nSPS) is 10.3. The maximum Gasteiger partial charge on any atom is 0.339 e. The summed E-state index contributed by atoms with van der Waals surface area (Å²) >= 11 is 11.0. The number of methoxy groups -OCH3 is 1. The second kappa shape index (κ2) is 6.52. The van der Waals surface area contributed by atoms with Crippen molar-refractivity contribution in [2.75, 3.05) is 12.8 Å². The van der Waals surface area contributed by atoms with Crippen LogP contribution in [0.3, 0.4) is 0 Å². The Morgan fingerprint density at radius 1 is 1.35 bits per heavy atom. The molecule has 0 aliphatic heterocycles. The number of carbonyl (C=O) groups is 1. The fourth-order valence-electron chi connectivity index (χ4n) is 1.63. The highest BCUT2D eigenvalue weighted by Crippen LogP contribution is 2.38. The van der Waals surface area contributed by atoms with Crippen molar-refractivity contribution in [2.24, 2.45) is 0 Å². The van der Waals surface area contributed by atoms with Gasteiger partial charge in [-0.3, -0.25) is 0 Å². The maximum atomic E-state index is 11.8. The molecule has 2 rings (SSSR count). The summed E-state index contributed by atoms with van der Waals surface area (Å²) in [7, 11) is 1.33. The molecule has 0 saturated carbocycles. The lowest BCUT2D eigenvalue weighted by molar-refractivity contribution is 0.0597. The largest absolute Gasteiger partial charge is 0.465 e. The van der Waals surface area contributed by atoms with Crippen molar-refractivity contribution in [3.63, 3.8) is 0 Å². The van der Waals surface area contributed by atoms with Crippen molar-refractivity contribution in [1.82, 2.24) is 0 Å². The Kier molecular flexibility index (Phi) is 4.96. The van der Waals surface area contributed by atoms with Crippen LogP contribution in [-0.2, 0) is 4.74 Å². The van der Waals surface area contributed by atoms with Crippen LogP contribution in [0.15, 0.2) is 50.7 Å². The van der Waals surface area contributed by atoms with Gasteiger partial charge in [0.1, 0.15) is 0 Å². The lowest BCUT2D eigenvalue weighted by Gasteiger charge is -2.11. The van der Waals surface area contributed by atoms with Crippen LogP contribution in [0.5, 0.6) is 0 Å².